The van der Waals surface area contributed by atoms with Gasteiger partial charge in [-0.1, -0.05) is 251 Å². The molecule has 0 amide bonds. The van der Waals surface area contributed by atoms with Gasteiger partial charge in [0, 0.05) is 19.3 Å². The summed E-state index contributed by atoms with van der Waals surface area (Å²) in [6.07, 6.45) is 56.2. The van der Waals surface area contributed by atoms with Gasteiger partial charge >= 0.3 is 17.9 Å². The summed E-state index contributed by atoms with van der Waals surface area (Å²) in [6, 6.07) is 0. The van der Waals surface area contributed by atoms with Crippen LogP contribution >= 0.6 is 0 Å². The molecule has 1 unspecified atom stereocenters. The SMILES string of the molecule is CCCCCCCCCCC/C=C\CCCCCCCC(=O)OCC(COC(=O)CCCCCCCCCCCCC)OC(=O)CCCCCCCCCCCCCCCC. The van der Waals surface area contributed by atoms with Gasteiger partial charge in [-0.05, 0) is 44.9 Å². The van der Waals surface area contributed by atoms with Crippen molar-refractivity contribution < 1.29 is 28.6 Å². The van der Waals surface area contributed by atoms with Crippen LogP contribution in [-0.2, 0) is 28.6 Å². The minimum absolute atomic E-state index is 0.0672. The quantitative estimate of drug-likeness (QED) is 0.0262. The predicted molar refractivity (Wildman–Crippen MR) is 261 cm³/mol. The van der Waals surface area contributed by atoms with Crippen molar-refractivity contribution in [1.82, 2.24) is 0 Å². The lowest BCUT2D eigenvalue weighted by atomic mass is 10.0. The van der Waals surface area contributed by atoms with E-state index in [1.807, 2.05) is 0 Å². The highest BCUT2D eigenvalue weighted by Crippen LogP contribution is 2.16. The molecule has 0 aromatic carbocycles. The predicted octanol–water partition coefficient (Wildman–Crippen LogP) is 17.8. The maximum Gasteiger partial charge on any atom is 0.306 e. The Morgan fingerprint density at radius 2 is 0.541 bits per heavy atom. The monoisotopic (exact) mass is 861 g/mol. The van der Waals surface area contributed by atoms with Gasteiger partial charge in [-0.2, -0.15) is 0 Å². The lowest BCUT2D eigenvalue weighted by Crippen LogP contribution is -2.30. The van der Waals surface area contributed by atoms with Crippen molar-refractivity contribution in [3.05, 3.63) is 12.2 Å². The third-order valence-corrected chi connectivity index (χ3v) is 12.3. The number of hydrogen-bond donors (Lipinski definition) is 0. The normalized spacial score (nSPS) is 12.0. The van der Waals surface area contributed by atoms with Crippen molar-refractivity contribution in [2.24, 2.45) is 0 Å². The van der Waals surface area contributed by atoms with Crippen molar-refractivity contribution in [3.63, 3.8) is 0 Å². The molecule has 0 aliphatic rings. The highest BCUT2D eigenvalue weighted by molar-refractivity contribution is 5.71. The minimum Gasteiger partial charge on any atom is -0.462 e. The first-order valence-corrected chi connectivity index (χ1v) is 27.2. The summed E-state index contributed by atoms with van der Waals surface area (Å²) in [6.45, 7) is 6.67. The third-order valence-electron chi connectivity index (χ3n) is 12.3. The number of hydrogen-bond acceptors (Lipinski definition) is 6. The van der Waals surface area contributed by atoms with E-state index < -0.39 is 6.10 Å². The maximum absolute atomic E-state index is 12.8. The molecule has 0 fully saturated rings. The average molecular weight is 861 g/mol. The summed E-state index contributed by atoms with van der Waals surface area (Å²) in [5.74, 6) is -0.857. The zero-order valence-corrected chi connectivity index (χ0v) is 41.2. The van der Waals surface area contributed by atoms with Crippen LogP contribution in [0.15, 0.2) is 12.2 Å². The number of allylic oxidation sites excluding steroid dienone is 2. The largest absolute Gasteiger partial charge is 0.462 e. The van der Waals surface area contributed by atoms with Crippen LogP contribution in [0, 0.1) is 0 Å². The highest BCUT2D eigenvalue weighted by atomic mass is 16.6. The molecule has 0 aliphatic carbocycles. The van der Waals surface area contributed by atoms with Crippen molar-refractivity contribution in [2.75, 3.05) is 13.2 Å². The lowest BCUT2D eigenvalue weighted by molar-refractivity contribution is -0.167. The zero-order chi connectivity index (χ0) is 44.4. The maximum atomic E-state index is 12.8. The van der Waals surface area contributed by atoms with Gasteiger partial charge in [-0.25, -0.2) is 0 Å². The van der Waals surface area contributed by atoms with Crippen LogP contribution in [0.25, 0.3) is 0 Å². The smallest absolute Gasteiger partial charge is 0.306 e. The van der Waals surface area contributed by atoms with Crippen LogP contribution in [0.4, 0.5) is 0 Å². The number of rotatable bonds is 50. The Morgan fingerprint density at radius 3 is 0.820 bits per heavy atom. The van der Waals surface area contributed by atoms with Crippen LogP contribution < -0.4 is 0 Å². The molecular weight excluding hydrogens is 757 g/mol. The molecule has 0 N–H and O–H groups in total. The van der Waals surface area contributed by atoms with Crippen molar-refractivity contribution in [3.8, 4) is 0 Å². The number of ether oxygens (including phenoxy) is 3. The Hall–Kier alpha value is -1.85. The Bertz CT molecular complexity index is 947. The summed E-state index contributed by atoms with van der Waals surface area (Å²) in [4.78, 5) is 38.0. The molecule has 0 saturated heterocycles. The fourth-order valence-corrected chi connectivity index (χ4v) is 8.14. The molecule has 0 heterocycles. The number of carbonyl (C=O) groups is 3. The number of unbranched alkanes of at least 4 members (excludes halogenated alkanes) is 37. The topological polar surface area (TPSA) is 78.9 Å². The summed E-state index contributed by atoms with van der Waals surface area (Å²) in [5, 5.41) is 0. The van der Waals surface area contributed by atoms with Crippen molar-refractivity contribution >= 4 is 17.9 Å². The van der Waals surface area contributed by atoms with Crippen LogP contribution in [0.1, 0.15) is 303 Å². The molecule has 0 aliphatic heterocycles. The van der Waals surface area contributed by atoms with Gasteiger partial charge in [0.1, 0.15) is 13.2 Å². The second-order valence-corrected chi connectivity index (χ2v) is 18.5. The molecule has 0 radical (unpaired) electrons. The molecular formula is C55H104O6. The first-order valence-electron chi connectivity index (χ1n) is 27.2. The zero-order valence-electron chi connectivity index (χ0n) is 41.2. The van der Waals surface area contributed by atoms with Gasteiger partial charge in [0.15, 0.2) is 6.10 Å². The molecule has 0 spiro atoms. The molecule has 0 saturated carbocycles. The fourth-order valence-electron chi connectivity index (χ4n) is 8.14. The van der Waals surface area contributed by atoms with Crippen LogP contribution in [-0.4, -0.2) is 37.2 Å². The standard InChI is InChI=1S/C55H104O6/c1-4-7-10-13-16-19-22-24-26-27-28-29-31-33-36-39-42-45-48-54(57)60-51-52(50-59-53(56)47-44-41-38-35-32-21-18-15-12-9-6-3)61-55(58)49-46-43-40-37-34-30-25-23-20-17-14-11-8-5-2/h28-29,52H,4-27,30-51H2,1-3H3/b29-28-. The summed E-state index contributed by atoms with van der Waals surface area (Å²) < 4.78 is 16.8. The highest BCUT2D eigenvalue weighted by Gasteiger charge is 2.19. The van der Waals surface area contributed by atoms with Gasteiger partial charge in [0.05, 0.1) is 0 Å². The van der Waals surface area contributed by atoms with Gasteiger partial charge in [-0.15, -0.1) is 0 Å². The Labute approximate surface area is 380 Å². The minimum atomic E-state index is -0.766. The average Bonchev–Trinajstić information content (AvgIpc) is 3.26. The molecule has 0 aromatic rings. The molecule has 6 nitrogen and oxygen atoms in total. The summed E-state index contributed by atoms with van der Waals surface area (Å²) in [5.41, 5.74) is 0. The van der Waals surface area contributed by atoms with E-state index in [0.29, 0.717) is 19.3 Å². The van der Waals surface area contributed by atoms with Crippen LogP contribution in [0.5, 0.6) is 0 Å². The summed E-state index contributed by atoms with van der Waals surface area (Å²) in [7, 11) is 0. The van der Waals surface area contributed by atoms with Crippen LogP contribution in [0.2, 0.25) is 0 Å². The van der Waals surface area contributed by atoms with E-state index in [-0.39, 0.29) is 31.1 Å². The number of carbonyl (C=O) groups excluding carboxylic acids is 3. The van der Waals surface area contributed by atoms with E-state index >= 15 is 0 Å². The molecule has 360 valence electrons. The molecule has 0 rings (SSSR count). The lowest BCUT2D eigenvalue weighted by Gasteiger charge is -2.18. The first-order chi connectivity index (χ1) is 30.0. The van der Waals surface area contributed by atoms with E-state index in [0.717, 1.165) is 64.2 Å². The van der Waals surface area contributed by atoms with Gasteiger partial charge < -0.3 is 14.2 Å². The van der Waals surface area contributed by atoms with Crippen LogP contribution in [0.3, 0.4) is 0 Å². The second-order valence-electron chi connectivity index (χ2n) is 18.5. The Morgan fingerprint density at radius 1 is 0.311 bits per heavy atom. The van der Waals surface area contributed by atoms with E-state index in [1.54, 1.807) is 0 Å². The molecule has 0 bridgehead atoms. The van der Waals surface area contributed by atoms with Gasteiger partial charge in [-0.3, -0.25) is 14.4 Å². The van der Waals surface area contributed by atoms with Gasteiger partial charge in [0.2, 0.25) is 0 Å². The van der Waals surface area contributed by atoms with Gasteiger partial charge in [0.25, 0.3) is 0 Å². The third kappa shape index (κ3) is 49.0. The number of esters is 3. The molecule has 0 aromatic heterocycles. The Kier molecular flexibility index (Phi) is 49.3. The van der Waals surface area contributed by atoms with E-state index in [9.17, 15) is 14.4 Å². The molecule has 61 heavy (non-hydrogen) atoms. The second kappa shape index (κ2) is 50.8. The van der Waals surface area contributed by atoms with E-state index in [4.69, 9.17) is 14.2 Å². The van der Waals surface area contributed by atoms with Crippen molar-refractivity contribution in [2.45, 2.75) is 309 Å². The van der Waals surface area contributed by atoms with E-state index in [2.05, 4.69) is 32.9 Å². The molecule has 1 atom stereocenters. The fraction of sp³-hybridized carbons (Fsp3) is 0.909. The Balaban J connectivity index is 4.30. The first kappa shape index (κ1) is 59.1. The van der Waals surface area contributed by atoms with Crippen molar-refractivity contribution in [1.29, 1.82) is 0 Å². The molecule has 6 heteroatoms. The van der Waals surface area contributed by atoms with E-state index in [1.165, 1.54) is 199 Å². The summed E-state index contributed by atoms with van der Waals surface area (Å²) >= 11 is 0.